The van der Waals surface area contributed by atoms with E-state index in [1.807, 2.05) is 18.4 Å². The summed E-state index contributed by atoms with van der Waals surface area (Å²) >= 11 is 1.47. The van der Waals surface area contributed by atoms with Crippen molar-refractivity contribution in [2.45, 2.75) is 33.7 Å². The lowest BCUT2D eigenvalue weighted by Gasteiger charge is -2.34. The molecule has 1 amide bonds. The molecule has 2 aromatic rings. The number of aromatic nitrogens is 1. The Balaban J connectivity index is 1.62. The summed E-state index contributed by atoms with van der Waals surface area (Å²) in [6, 6.07) is 5.45. The standard InChI is InChI=1S/C20H27N3O2S/c1-13-7-14(2)10-23(9-13)11-17-12-26-20(21-17)22-19(24)16-6-5-15(3)18(8-16)25-4/h5-6,8,12-14H,7,9-11H2,1-4H3,(H,21,22,24)/t13-,14-/m0/s1. The maximum absolute atomic E-state index is 12.5. The molecule has 0 unspecified atom stereocenters. The minimum Gasteiger partial charge on any atom is -0.496 e. The van der Waals surface area contributed by atoms with Crippen LogP contribution in [0.4, 0.5) is 5.13 Å². The Kier molecular flexibility index (Phi) is 5.94. The molecule has 5 nitrogen and oxygen atoms in total. The summed E-state index contributed by atoms with van der Waals surface area (Å²) in [6.45, 7) is 9.66. The number of nitrogens with zero attached hydrogens (tertiary/aromatic N) is 2. The maximum atomic E-state index is 12.5. The molecule has 6 heteroatoms. The molecule has 1 fully saturated rings. The molecular weight excluding hydrogens is 346 g/mol. The molecule has 140 valence electrons. The van der Waals surface area contributed by atoms with E-state index < -0.39 is 0 Å². The van der Waals surface area contributed by atoms with Crippen LogP contribution >= 0.6 is 11.3 Å². The minimum atomic E-state index is -0.163. The van der Waals surface area contributed by atoms with Gasteiger partial charge in [-0.15, -0.1) is 11.3 Å². The third-order valence-electron chi connectivity index (χ3n) is 4.77. The molecule has 2 atom stereocenters. The van der Waals surface area contributed by atoms with E-state index in [2.05, 4.69) is 29.0 Å². The Morgan fingerprint density at radius 3 is 2.77 bits per heavy atom. The molecule has 0 aliphatic carbocycles. The van der Waals surface area contributed by atoms with E-state index in [1.165, 1.54) is 17.8 Å². The van der Waals surface area contributed by atoms with Gasteiger partial charge in [-0.2, -0.15) is 0 Å². The SMILES string of the molecule is COc1cc(C(=O)Nc2nc(CN3C[C@@H](C)C[C@H](C)C3)cs2)ccc1C. The average Bonchev–Trinajstić information content (AvgIpc) is 3.01. The van der Waals surface area contributed by atoms with Crippen LogP contribution in [-0.2, 0) is 6.54 Å². The lowest BCUT2D eigenvalue weighted by Crippen LogP contribution is -2.38. The van der Waals surface area contributed by atoms with Gasteiger partial charge in [0.15, 0.2) is 5.13 Å². The molecule has 1 saturated heterocycles. The molecular formula is C20H27N3O2S. The van der Waals surface area contributed by atoms with Gasteiger partial charge in [-0.3, -0.25) is 15.0 Å². The molecule has 1 N–H and O–H groups in total. The molecule has 0 spiro atoms. The van der Waals surface area contributed by atoms with Gasteiger partial charge in [0.2, 0.25) is 0 Å². The summed E-state index contributed by atoms with van der Waals surface area (Å²) < 4.78 is 5.29. The second kappa shape index (κ2) is 8.18. The van der Waals surface area contributed by atoms with Crippen LogP contribution < -0.4 is 10.1 Å². The Labute approximate surface area is 159 Å². The number of carbonyl (C=O) groups is 1. The summed E-state index contributed by atoms with van der Waals surface area (Å²) in [7, 11) is 1.61. The number of piperidine rings is 1. The second-order valence-corrected chi connectivity index (χ2v) is 8.28. The molecule has 0 radical (unpaired) electrons. The van der Waals surface area contributed by atoms with Gasteiger partial charge in [-0.25, -0.2) is 4.98 Å². The third kappa shape index (κ3) is 4.62. The Morgan fingerprint density at radius 1 is 1.35 bits per heavy atom. The van der Waals surface area contributed by atoms with E-state index in [1.54, 1.807) is 19.2 Å². The van der Waals surface area contributed by atoms with E-state index in [0.29, 0.717) is 16.4 Å². The fourth-order valence-corrected chi connectivity index (χ4v) is 4.41. The zero-order valence-electron chi connectivity index (χ0n) is 15.9. The first-order valence-corrected chi connectivity index (χ1v) is 9.95. The number of hydrogen-bond donors (Lipinski definition) is 1. The van der Waals surface area contributed by atoms with Crippen molar-refractivity contribution >= 4 is 22.4 Å². The van der Waals surface area contributed by atoms with Gasteiger partial charge in [0.25, 0.3) is 5.91 Å². The number of rotatable bonds is 5. The van der Waals surface area contributed by atoms with E-state index in [-0.39, 0.29) is 5.91 Å². The summed E-state index contributed by atoms with van der Waals surface area (Å²) in [4.78, 5) is 19.5. The van der Waals surface area contributed by atoms with Crippen LogP contribution in [0.5, 0.6) is 5.75 Å². The maximum Gasteiger partial charge on any atom is 0.257 e. The van der Waals surface area contributed by atoms with Crippen molar-refractivity contribution in [2.75, 3.05) is 25.5 Å². The number of thiazole rings is 1. The topological polar surface area (TPSA) is 54.5 Å². The lowest BCUT2D eigenvalue weighted by atomic mass is 9.92. The number of aryl methyl sites for hydroxylation is 1. The number of ether oxygens (including phenoxy) is 1. The summed E-state index contributed by atoms with van der Waals surface area (Å²) in [6.07, 6.45) is 1.30. The lowest BCUT2D eigenvalue weighted by molar-refractivity contribution is 0.102. The number of carbonyl (C=O) groups excluding carboxylic acids is 1. The average molecular weight is 374 g/mol. The van der Waals surface area contributed by atoms with Crippen LogP contribution in [0, 0.1) is 18.8 Å². The highest BCUT2D eigenvalue weighted by molar-refractivity contribution is 7.13. The zero-order valence-corrected chi connectivity index (χ0v) is 16.7. The summed E-state index contributed by atoms with van der Waals surface area (Å²) in [5.41, 5.74) is 2.60. The van der Waals surface area contributed by atoms with Gasteiger partial charge in [-0.05, 0) is 42.9 Å². The molecule has 1 aromatic carbocycles. The van der Waals surface area contributed by atoms with Crippen molar-refractivity contribution in [3.8, 4) is 5.75 Å². The molecule has 3 rings (SSSR count). The summed E-state index contributed by atoms with van der Waals surface area (Å²) in [5.74, 6) is 2.01. The first-order valence-electron chi connectivity index (χ1n) is 9.07. The molecule has 2 heterocycles. The smallest absolute Gasteiger partial charge is 0.257 e. The number of benzene rings is 1. The molecule has 0 bridgehead atoms. The van der Waals surface area contributed by atoms with Crippen LogP contribution in [0.3, 0.4) is 0 Å². The quantitative estimate of drug-likeness (QED) is 0.854. The van der Waals surface area contributed by atoms with Crippen molar-refractivity contribution in [2.24, 2.45) is 11.8 Å². The number of nitrogens with one attached hydrogen (secondary N) is 1. The van der Waals surface area contributed by atoms with Crippen LogP contribution in [0.25, 0.3) is 0 Å². The Morgan fingerprint density at radius 2 is 2.08 bits per heavy atom. The predicted molar refractivity (Wildman–Crippen MR) is 106 cm³/mol. The van der Waals surface area contributed by atoms with Crippen LogP contribution in [-0.4, -0.2) is 36.0 Å². The molecule has 0 saturated carbocycles. The highest BCUT2D eigenvalue weighted by Gasteiger charge is 2.22. The van der Waals surface area contributed by atoms with Crippen molar-refractivity contribution in [1.29, 1.82) is 0 Å². The van der Waals surface area contributed by atoms with Crippen molar-refractivity contribution in [3.63, 3.8) is 0 Å². The van der Waals surface area contributed by atoms with Gasteiger partial charge in [0.05, 0.1) is 12.8 Å². The number of amides is 1. The van der Waals surface area contributed by atoms with E-state index in [0.717, 1.165) is 42.7 Å². The number of likely N-dealkylation sites (tertiary alicyclic amines) is 1. The number of hydrogen-bond acceptors (Lipinski definition) is 5. The highest BCUT2D eigenvalue weighted by Crippen LogP contribution is 2.25. The van der Waals surface area contributed by atoms with E-state index in [9.17, 15) is 4.79 Å². The second-order valence-electron chi connectivity index (χ2n) is 7.42. The van der Waals surface area contributed by atoms with Crippen LogP contribution in [0.2, 0.25) is 0 Å². The molecule has 1 aliphatic rings. The van der Waals surface area contributed by atoms with Crippen molar-refractivity contribution in [1.82, 2.24) is 9.88 Å². The molecule has 1 aromatic heterocycles. The van der Waals surface area contributed by atoms with Gasteiger partial charge in [0.1, 0.15) is 5.75 Å². The van der Waals surface area contributed by atoms with Crippen LogP contribution in [0.1, 0.15) is 41.9 Å². The normalized spacial score (nSPS) is 20.8. The van der Waals surface area contributed by atoms with Gasteiger partial charge < -0.3 is 4.74 Å². The zero-order chi connectivity index (χ0) is 18.7. The predicted octanol–water partition coefficient (Wildman–Crippen LogP) is 4.19. The highest BCUT2D eigenvalue weighted by atomic mass is 32.1. The van der Waals surface area contributed by atoms with Gasteiger partial charge in [0, 0.05) is 30.6 Å². The largest absolute Gasteiger partial charge is 0.496 e. The molecule has 1 aliphatic heterocycles. The first kappa shape index (κ1) is 18.9. The minimum absolute atomic E-state index is 0.163. The summed E-state index contributed by atoms with van der Waals surface area (Å²) in [5, 5.41) is 5.58. The van der Waals surface area contributed by atoms with Crippen LogP contribution in [0.15, 0.2) is 23.6 Å². The Hall–Kier alpha value is -1.92. The van der Waals surface area contributed by atoms with Gasteiger partial charge >= 0.3 is 0 Å². The van der Waals surface area contributed by atoms with E-state index in [4.69, 9.17) is 4.74 Å². The fourth-order valence-electron chi connectivity index (χ4n) is 3.72. The third-order valence-corrected chi connectivity index (χ3v) is 5.58. The van der Waals surface area contributed by atoms with Gasteiger partial charge in [-0.1, -0.05) is 19.9 Å². The monoisotopic (exact) mass is 373 g/mol. The van der Waals surface area contributed by atoms with E-state index >= 15 is 0 Å². The number of methoxy groups -OCH3 is 1. The van der Waals surface area contributed by atoms with Crippen molar-refractivity contribution in [3.05, 3.63) is 40.4 Å². The molecule has 26 heavy (non-hydrogen) atoms. The van der Waals surface area contributed by atoms with Crippen molar-refractivity contribution < 1.29 is 9.53 Å². The number of anilines is 1. The first-order chi connectivity index (χ1) is 12.4. The Bertz CT molecular complexity index is 764. The fraction of sp³-hybridized carbons (Fsp3) is 0.500.